The lowest BCUT2D eigenvalue weighted by molar-refractivity contribution is -0.120. The van der Waals surface area contributed by atoms with Gasteiger partial charge in [-0.15, -0.1) is 6.42 Å². The second kappa shape index (κ2) is 46.1. The van der Waals surface area contributed by atoms with Gasteiger partial charge in [0.1, 0.15) is 120 Å². The van der Waals surface area contributed by atoms with Crippen molar-refractivity contribution in [1.82, 2.24) is 51.1 Å². The molecule has 0 radical (unpaired) electrons. The normalized spacial score (nSPS) is 31.1. The number of terminal acetylenes is 1. The predicted octanol–water partition coefficient (Wildman–Crippen LogP) is -5.09. The van der Waals surface area contributed by atoms with Crippen molar-refractivity contribution in [3.8, 4) is 12.3 Å². The van der Waals surface area contributed by atoms with Gasteiger partial charge in [-0.2, -0.15) is 0 Å². The van der Waals surface area contributed by atoms with Gasteiger partial charge in [-0.3, -0.25) is 69.6 Å². The Morgan fingerprint density at radius 2 is 0.647 bits per heavy atom. The summed E-state index contributed by atoms with van der Waals surface area (Å²) in [6, 6.07) is 0. The molecule has 0 aromatic heterocycles. The summed E-state index contributed by atoms with van der Waals surface area (Å²) in [5.74, 6) is -6.43. The van der Waals surface area contributed by atoms with Gasteiger partial charge in [-0.25, -0.2) is 0 Å². The van der Waals surface area contributed by atoms with E-state index in [0.29, 0.717) is 16.7 Å². The number of rotatable bonds is 32. The van der Waals surface area contributed by atoms with E-state index >= 15 is 0 Å². The molecule has 70 heteroatoms. The lowest BCUT2D eigenvalue weighted by Crippen LogP contribution is -2.48. The molecular weight excluding hydrogens is 2030 g/mol. The molecule has 133 heavy (non-hydrogen) atoms. The smallest absolute Gasteiger partial charge is 0.340 e. The van der Waals surface area contributed by atoms with Gasteiger partial charge < -0.3 is 216 Å². The molecule has 0 aliphatic carbocycles. The second-order valence-corrected chi connectivity index (χ2v) is 50.1. The molecule has 0 bridgehead atoms. The van der Waals surface area contributed by atoms with Gasteiger partial charge in [-0.1, -0.05) is 57.0 Å². The van der Waals surface area contributed by atoms with Crippen molar-refractivity contribution in [3.05, 3.63) is 132 Å². The summed E-state index contributed by atoms with van der Waals surface area (Å²) in [5.41, 5.74) is 0.932. The maximum atomic E-state index is 11.8. The van der Waals surface area contributed by atoms with Crippen molar-refractivity contribution < 1.29 is 235 Å². The van der Waals surface area contributed by atoms with Gasteiger partial charge in [0.15, 0.2) is 54.4 Å². The van der Waals surface area contributed by atoms with Crippen LogP contribution in [0.3, 0.4) is 0 Å². The molecule has 24 atom stereocenters. The van der Waals surface area contributed by atoms with Gasteiger partial charge in [0, 0.05) is 66.3 Å². The number of nitrogens with one attached hydrogen (secondary N) is 5. The molecule has 9 unspecified atom stereocenters. The van der Waals surface area contributed by atoms with Crippen molar-refractivity contribution in [2.75, 3.05) is 69.7 Å². The third-order valence-electron chi connectivity index (χ3n) is 18.6. The summed E-state index contributed by atoms with van der Waals surface area (Å²) in [6.45, 7) is 23.0. The largest absolute Gasteiger partial charge is 0.390 e. The number of aliphatic hydroxyl groups is 8. The summed E-state index contributed by atoms with van der Waals surface area (Å²) < 4.78 is 168. The first-order chi connectivity index (χ1) is 60.6. The Morgan fingerprint density at radius 1 is 0.391 bits per heavy atom. The van der Waals surface area contributed by atoms with Crippen LogP contribution >= 0.6 is 87.6 Å². The van der Waals surface area contributed by atoms with Crippen LogP contribution in [0.4, 0.5) is 0 Å². The lowest BCUT2D eigenvalue weighted by Gasteiger charge is -2.34. The van der Waals surface area contributed by atoms with E-state index in [1.165, 1.54) is 69.5 Å². The van der Waals surface area contributed by atoms with Crippen LogP contribution in [0, 0.1) is 12.3 Å². The Kier molecular flexibility index (Phi) is 40.2. The number of aliphatic hydroxyl groups excluding tert-OH is 8. The highest BCUT2D eigenvalue weighted by molar-refractivity contribution is 7.71. The Morgan fingerprint density at radius 3 is 0.947 bits per heavy atom. The van der Waals surface area contributed by atoms with E-state index in [1.54, 1.807) is 13.8 Å². The summed E-state index contributed by atoms with van der Waals surface area (Å²) in [7, 11) is -45.7. The standard InChI is InChI=1S/C13H19ClN2O10P2.C13H22N2O10P2.C13H18N2O10P2.C12H20N2O10P2.C12H20N2O9P2/c1-6(14)8-3-16(7(2)15-12(8)19)13-11(18)10(17)9(26-13)4-25-28(23,24)5-27(20,21)22;1-7-4-15(8(2)14-12(7)17)13-11(23-3)10(16)9(25-13)5-24-27(21,22)6-26(18,19)20;1-3-8-4-15(7(2)14-12(8)18)13-11(17)10(16)9(25-13)5-24-27(22,23)6-26(19,20)21;1-6-3-14(7(2)13-11(6)17)12-10(16)9(15)8(24-12)4-23-26(21,22)5-25(18,19)20;1-7-4-14(8(2)13-12(7)16)11-3-9(15)10(23-11)5-22-25(20,21)6-24(17,18)19/h3,9-11,13,17-18H,1-2,4-5H2,(H,15,19)(H,23,24)(H2,20,21,22);4,9-11,13,16H,2,5-6H2,1,3H3,(H,14,17)(H,21,22)(H2,18,19,20);1,4,9-11,13,16-17H,2,5-6H2,(H,14,18)(H,22,23)(H2,19,20,21);3,8-10,12,15-16H,2,4-5H2,1H3,(H,13,17)(H,21,22)(H2,18,19,20);4,9-11,15H,2-3,5-6H2,1H3,(H,13,16)(H,20,21)(H2,17,18,19)/t3*9-,10+,11?,13-;8-,9+,10?,12-;9-,10-,11-/m11111/s1. The third-order valence-corrected chi connectivity index (χ3v) is 36.1. The van der Waals surface area contributed by atoms with Gasteiger partial charge in [0.2, 0.25) is 0 Å². The number of amides is 5. The van der Waals surface area contributed by atoms with E-state index in [4.69, 9.17) is 99.9 Å². The zero-order valence-corrected chi connectivity index (χ0v) is 79.1. The zero-order valence-electron chi connectivity index (χ0n) is 69.4. The second-order valence-electron chi connectivity index (χ2n) is 29.6. The van der Waals surface area contributed by atoms with Crippen molar-refractivity contribution >= 4 is 117 Å². The molecule has 5 saturated heterocycles. The average Bonchev–Trinajstić information content (AvgIpc) is 1.66. The monoisotopic (exact) mass is 2120 g/mol. The minimum atomic E-state index is -4.82. The van der Waals surface area contributed by atoms with Crippen molar-refractivity contribution in [2.45, 2.75) is 144 Å². The summed E-state index contributed by atoms with van der Waals surface area (Å²) in [4.78, 5) is 200. The maximum absolute atomic E-state index is 11.8. The molecule has 0 aromatic rings. The molecule has 752 valence electrons. The van der Waals surface area contributed by atoms with E-state index in [1.807, 2.05) is 0 Å². The van der Waals surface area contributed by atoms with Crippen LogP contribution in [0.5, 0.6) is 0 Å². The highest BCUT2D eigenvalue weighted by Gasteiger charge is 2.54. The van der Waals surface area contributed by atoms with Crippen LogP contribution in [-0.4, -0.2) is 355 Å². The Hall–Kier alpha value is -5.72. The number of halogens is 1. The minimum absolute atomic E-state index is 0.00110. The van der Waals surface area contributed by atoms with Gasteiger partial charge in [0.25, 0.3) is 29.5 Å². The molecule has 5 fully saturated rings. The molecule has 0 saturated carbocycles. The summed E-state index contributed by atoms with van der Waals surface area (Å²) in [5, 5.41) is 93.3. The summed E-state index contributed by atoms with van der Waals surface area (Å²) in [6.07, 6.45) is -11.8. The maximum Gasteiger partial charge on any atom is 0.340 e. The highest BCUT2D eigenvalue weighted by atomic mass is 35.5. The molecular formula is C63H99ClN10O49P10. The van der Waals surface area contributed by atoms with Crippen LogP contribution in [0.15, 0.2) is 132 Å². The Bertz CT molecular complexity index is 5200. The number of carbonyl (C=O) groups excluding carboxylic acids is 5. The first-order valence-corrected chi connectivity index (χ1v) is 55.3. The third kappa shape index (κ3) is 34.4. The minimum Gasteiger partial charge on any atom is -0.390 e. The number of methoxy groups -OCH3 is 1. The number of nitrogens with zero attached hydrogens (tertiary/aromatic N) is 5. The van der Waals surface area contributed by atoms with E-state index in [2.05, 4.69) is 90.1 Å². The molecule has 10 rings (SSSR count). The van der Waals surface area contributed by atoms with Crippen LogP contribution in [-0.2, 0) is 121 Å². The van der Waals surface area contributed by atoms with E-state index in [9.17, 15) is 135 Å². The molecule has 10 aliphatic rings. The molecule has 28 N–H and O–H groups in total. The van der Waals surface area contributed by atoms with Crippen LogP contribution < -0.4 is 26.6 Å². The van der Waals surface area contributed by atoms with Gasteiger partial charge in [0.05, 0.1) is 44.7 Å². The number of carbonyl (C=O) groups is 5. The fraction of sp³-hybridized carbons (Fsp3) is 0.540. The zero-order chi connectivity index (χ0) is 101. The SMILES string of the molecule is C#CC1=CN([C@@H]2O[C@H](COP(=O)(O)CP(=O)(O)O)[C@H](O)C2O)C(=C)NC1=O.C=C(Cl)C1=CN([C@@H]2O[C@H](COP(=O)(O)CP(=O)(O)O)[C@H](O)C2O)C(=C)NC1=O.C=C1NC(=O)C(C)=CN1[C@@H]1O[C@H](COP(=O)(O)CP(=O)(O)O)[C@H](O)C1O.C=C1NC(=O)C(C)=CN1[C@@H]1O[C@H](COP(=O)(O)CP(=O)(O)O)[C@H](O)C1OC.C=C1NC(=O)C(C)=CN1[C@H]1C[C@@H](O)[C@@H](COP(=O)(O)CP(=O)(O)O)O1. The van der Waals surface area contributed by atoms with Crippen LogP contribution in [0.25, 0.3) is 0 Å². The number of ether oxygens (including phenoxy) is 6. The quantitative estimate of drug-likeness (QED) is 0.0221. The topological polar surface area (TPSA) is 899 Å². The number of hydrogen-bond donors (Lipinski definition) is 28. The van der Waals surface area contributed by atoms with Crippen molar-refractivity contribution in [2.24, 2.45) is 0 Å². The molecule has 10 aliphatic heterocycles. The highest BCUT2D eigenvalue weighted by Crippen LogP contribution is 2.60. The van der Waals surface area contributed by atoms with Crippen LogP contribution in [0.1, 0.15) is 27.2 Å². The fourth-order valence-corrected chi connectivity index (χ4v) is 25.4. The fourth-order valence-electron chi connectivity index (χ4n) is 12.4. The van der Waals surface area contributed by atoms with E-state index in [-0.39, 0.29) is 63.5 Å². The molecule has 10 heterocycles. The van der Waals surface area contributed by atoms with Crippen molar-refractivity contribution in [1.29, 1.82) is 0 Å². The van der Waals surface area contributed by atoms with Gasteiger partial charge in [-0.05, 0) is 20.8 Å². The Labute approximate surface area is 758 Å². The molecule has 0 aromatic carbocycles. The molecule has 0 spiro atoms. The molecule has 59 nitrogen and oxygen atoms in total. The van der Waals surface area contributed by atoms with Crippen molar-refractivity contribution in [3.63, 3.8) is 0 Å². The molecule has 5 amide bonds. The van der Waals surface area contributed by atoms with Crippen LogP contribution in [0.2, 0.25) is 0 Å². The predicted molar refractivity (Wildman–Crippen MR) is 447 cm³/mol. The van der Waals surface area contributed by atoms with E-state index in [0.717, 1.165) is 0 Å². The van der Waals surface area contributed by atoms with E-state index < -0.39 is 273 Å². The first-order valence-electron chi connectivity index (χ1n) is 37.1. The first kappa shape index (κ1) is 116. The Balaban J connectivity index is 0.000000256. The average molecular weight is 2130 g/mol. The lowest BCUT2D eigenvalue weighted by atomic mass is 10.1. The summed E-state index contributed by atoms with van der Waals surface area (Å²) >= 11 is 5.74. The number of hydrogen-bond acceptors (Lipinski definition) is 39. The van der Waals surface area contributed by atoms with Gasteiger partial charge >= 0.3 is 76.0 Å².